The molecule has 0 fully saturated rings. The van der Waals surface area contributed by atoms with E-state index >= 15 is 0 Å². The summed E-state index contributed by atoms with van der Waals surface area (Å²) in [5.74, 6) is 0. The van der Waals surface area contributed by atoms with Gasteiger partial charge in [-0.05, 0) is 30.2 Å². The van der Waals surface area contributed by atoms with Crippen LogP contribution in [-0.2, 0) is 20.0 Å². The third-order valence-corrected chi connectivity index (χ3v) is 3.51. The summed E-state index contributed by atoms with van der Waals surface area (Å²) >= 11 is 0. The monoisotopic (exact) mass is 281 g/mol. The molecule has 0 unspecified atom stereocenters. The van der Waals surface area contributed by atoms with E-state index in [-0.39, 0.29) is 0 Å². The molecule has 0 bridgehead atoms. The van der Waals surface area contributed by atoms with E-state index in [9.17, 15) is 0 Å². The van der Waals surface area contributed by atoms with E-state index in [0.29, 0.717) is 0 Å². The zero-order valence-electron chi connectivity index (χ0n) is 12.3. The molecule has 0 amide bonds. The highest BCUT2D eigenvalue weighted by Gasteiger charge is 2.05. The number of anilines is 1. The molecule has 0 saturated carbocycles. The van der Waals surface area contributed by atoms with Gasteiger partial charge in [-0.2, -0.15) is 10.2 Å². The summed E-state index contributed by atoms with van der Waals surface area (Å²) in [7, 11) is 1.96. The highest BCUT2D eigenvalue weighted by molar-refractivity contribution is 5.62. The number of aromatic amines is 1. The van der Waals surface area contributed by atoms with E-state index in [1.54, 1.807) is 6.20 Å². The van der Waals surface area contributed by atoms with Crippen molar-refractivity contribution in [2.24, 2.45) is 7.05 Å². The van der Waals surface area contributed by atoms with Gasteiger partial charge in [-0.25, -0.2) is 0 Å². The fourth-order valence-corrected chi connectivity index (χ4v) is 2.41. The molecule has 0 aliphatic carbocycles. The van der Waals surface area contributed by atoms with Crippen molar-refractivity contribution >= 4 is 5.69 Å². The van der Waals surface area contributed by atoms with Crippen molar-refractivity contribution in [3.63, 3.8) is 0 Å². The van der Waals surface area contributed by atoms with E-state index in [1.165, 1.54) is 5.56 Å². The molecule has 0 atom stereocenters. The lowest BCUT2D eigenvalue weighted by molar-refractivity contribution is 0.746. The van der Waals surface area contributed by atoms with Gasteiger partial charge in [0, 0.05) is 37.2 Å². The Kier molecular flexibility index (Phi) is 3.73. The Labute approximate surface area is 124 Å². The number of H-pyrrole nitrogens is 1. The predicted octanol–water partition coefficient (Wildman–Crippen LogP) is 2.98. The van der Waals surface area contributed by atoms with E-state index in [0.717, 1.165) is 35.6 Å². The summed E-state index contributed by atoms with van der Waals surface area (Å²) in [6.45, 7) is 2.92. The lowest BCUT2D eigenvalue weighted by Crippen LogP contribution is -2.00. The first-order valence-corrected chi connectivity index (χ1v) is 7.11. The quantitative estimate of drug-likeness (QED) is 0.756. The first-order chi connectivity index (χ1) is 10.3. The van der Waals surface area contributed by atoms with E-state index < -0.39 is 0 Å². The van der Waals surface area contributed by atoms with Gasteiger partial charge in [0.2, 0.25) is 0 Å². The molecule has 5 nitrogen and oxygen atoms in total. The molecule has 2 aromatic heterocycles. The lowest BCUT2D eigenvalue weighted by Gasteiger charge is -2.07. The Balaban J connectivity index is 1.68. The van der Waals surface area contributed by atoms with Crippen LogP contribution in [0.25, 0.3) is 11.3 Å². The molecule has 2 heterocycles. The van der Waals surface area contributed by atoms with Crippen LogP contribution in [0.2, 0.25) is 0 Å². The third kappa shape index (κ3) is 2.97. The average Bonchev–Trinajstić information content (AvgIpc) is 3.15. The molecule has 0 saturated heterocycles. The van der Waals surface area contributed by atoms with Crippen LogP contribution in [0, 0.1) is 0 Å². The maximum Gasteiger partial charge on any atom is 0.0671 e. The smallest absolute Gasteiger partial charge is 0.0671 e. The van der Waals surface area contributed by atoms with Crippen molar-refractivity contribution < 1.29 is 0 Å². The van der Waals surface area contributed by atoms with Crippen LogP contribution in [0.1, 0.15) is 18.2 Å². The molecule has 2 N–H and O–H groups in total. The lowest BCUT2D eigenvalue weighted by atomic mass is 10.1. The first kappa shape index (κ1) is 13.4. The molecule has 1 aromatic carbocycles. The maximum atomic E-state index is 4.45. The van der Waals surface area contributed by atoms with E-state index in [1.807, 2.05) is 17.8 Å². The zero-order chi connectivity index (χ0) is 14.7. The minimum Gasteiger partial charge on any atom is -0.381 e. The van der Waals surface area contributed by atoms with Crippen molar-refractivity contribution in [2.45, 2.75) is 19.9 Å². The Morgan fingerprint density at radius 1 is 1.19 bits per heavy atom. The van der Waals surface area contributed by atoms with Crippen LogP contribution in [-0.4, -0.2) is 20.0 Å². The Bertz CT molecular complexity index is 695. The topological polar surface area (TPSA) is 58.5 Å². The Morgan fingerprint density at radius 2 is 2.00 bits per heavy atom. The number of nitrogens with one attached hydrogen (secondary N) is 2. The van der Waals surface area contributed by atoms with Crippen molar-refractivity contribution in [3.05, 3.63) is 54.0 Å². The van der Waals surface area contributed by atoms with Gasteiger partial charge in [-0.15, -0.1) is 0 Å². The van der Waals surface area contributed by atoms with Gasteiger partial charge in [0.05, 0.1) is 11.4 Å². The molecule has 0 spiro atoms. The molecule has 0 radical (unpaired) electrons. The largest absolute Gasteiger partial charge is 0.381 e. The van der Waals surface area contributed by atoms with Crippen molar-refractivity contribution in [2.75, 3.05) is 5.32 Å². The van der Waals surface area contributed by atoms with Gasteiger partial charge in [0.25, 0.3) is 0 Å². The van der Waals surface area contributed by atoms with E-state index in [2.05, 4.69) is 58.0 Å². The third-order valence-electron chi connectivity index (χ3n) is 3.51. The maximum absolute atomic E-state index is 4.45. The standard InChI is InChI=1S/C16H19N5/c1-3-15-13(11-21(2)20-15)10-17-14-6-4-12(5-7-14)16-8-9-18-19-16/h4-9,11,17H,3,10H2,1-2H3,(H,18,19). The Morgan fingerprint density at radius 3 is 2.67 bits per heavy atom. The molecular weight excluding hydrogens is 262 g/mol. The fraction of sp³-hybridized carbons (Fsp3) is 0.250. The van der Waals surface area contributed by atoms with Crippen molar-refractivity contribution in [1.29, 1.82) is 0 Å². The minimum atomic E-state index is 0.792. The van der Waals surface area contributed by atoms with Crippen LogP contribution < -0.4 is 5.32 Å². The number of benzene rings is 1. The predicted molar refractivity (Wildman–Crippen MR) is 83.9 cm³/mol. The fourth-order valence-electron chi connectivity index (χ4n) is 2.41. The average molecular weight is 281 g/mol. The first-order valence-electron chi connectivity index (χ1n) is 7.11. The van der Waals surface area contributed by atoms with Gasteiger partial charge in [0.1, 0.15) is 0 Å². The van der Waals surface area contributed by atoms with Crippen LogP contribution in [0.3, 0.4) is 0 Å². The van der Waals surface area contributed by atoms with Gasteiger partial charge in [-0.3, -0.25) is 9.78 Å². The summed E-state index contributed by atoms with van der Waals surface area (Å²) in [4.78, 5) is 0. The molecule has 5 heteroatoms. The van der Waals surface area contributed by atoms with Gasteiger partial charge in [-0.1, -0.05) is 19.1 Å². The summed E-state index contributed by atoms with van der Waals surface area (Å²) in [5.41, 5.74) is 5.66. The van der Waals surface area contributed by atoms with Crippen LogP contribution in [0.5, 0.6) is 0 Å². The molecule has 3 aromatic rings. The molecule has 108 valence electrons. The van der Waals surface area contributed by atoms with Gasteiger partial charge >= 0.3 is 0 Å². The number of hydrogen-bond donors (Lipinski definition) is 2. The molecule has 0 aliphatic rings. The summed E-state index contributed by atoms with van der Waals surface area (Å²) in [6.07, 6.45) is 4.79. The molecular formula is C16H19N5. The van der Waals surface area contributed by atoms with Crippen LogP contribution in [0.15, 0.2) is 42.7 Å². The summed E-state index contributed by atoms with van der Waals surface area (Å²) < 4.78 is 1.87. The number of aryl methyl sites for hydroxylation is 2. The summed E-state index contributed by atoms with van der Waals surface area (Å²) in [6, 6.07) is 10.3. The van der Waals surface area contributed by atoms with Crippen molar-refractivity contribution in [1.82, 2.24) is 20.0 Å². The van der Waals surface area contributed by atoms with Crippen LogP contribution >= 0.6 is 0 Å². The second-order valence-corrected chi connectivity index (χ2v) is 5.03. The second kappa shape index (κ2) is 5.83. The van der Waals surface area contributed by atoms with Gasteiger partial charge < -0.3 is 5.32 Å². The number of nitrogens with zero attached hydrogens (tertiary/aromatic N) is 3. The summed E-state index contributed by atoms with van der Waals surface area (Å²) in [5, 5.41) is 14.8. The van der Waals surface area contributed by atoms with Crippen molar-refractivity contribution in [3.8, 4) is 11.3 Å². The molecule has 21 heavy (non-hydrogen) atoms. The Hall–Kier alpha value is -2.56. The SMILES string of the molecule is CCc1nn(C)cc1CNc1ccc(-c2ccn[nH]2)cc1. The van der Waals surface area contributed by atoms with Crippen LogP contribution in [0.4, 0.5) is 5.69 Å². The molecule has 3 rings (SSSR count). The zero-order valence-corrected chi connectivity index (χ0v) is 12.3. The number of aromatic nitrogens is 4. The van der Waals surface area contributed by atoms with E-state index in [4.69, 9.17) is 0 Å². The van der Waals surface area contributed by atoms with Gasteiger partial charge in [0.15, 0.2) is 0 Å². The minimum absolute atomic E-state index is 0.792. The molecule has 0 aliphatic heterocycles. The highest BCUT2D eigenvalue weighted by Crippen LogP contribution is 2.19. The number of hydrogen-bond acceptors (Lipinski definition) is 3. The normalized spacial score (nSPS) is 10.8. The number of rotatable bonds is 5. The highest BCUT2D eigenvalue weighted by atomic mass is 15.3. The second-order valence-electron chi connectivity index (χ2n) is 5.03.